The van der Waals surface area contributed by atoms with Crippen molar-refractivity contribution in [2.45, 2.75) is 26.3 Å². The van der Waals surface area contributed by atoms with Crippen LogP contribution < -0.4 is 4.74 Å². The number of hydrogen-bond donors (Lipinski definition) is 0. The van der Waals surface area contributed by atoms with Crippen LogP contribution in [0.2, 0.25) is 5.15 Å². The molecule has 0 atom stereocenters. The summed E-state index contributed by atoms with van der Waals surface area (Å²) in [5, 5.41) is 0.546. The standard InChI is InChI=1S/C8H13ClN2O/c1-8(2,3)11-5-10-7(12-4)6(11)9/h5H,1-4H3. The van der Waals surface area contributed by atoms with Gasteiger partial charge < -0.3 is 9.30 Å². The number of nitrogens with zero attached hydrogens (tertiary/aromatic N) is 2. The molecular formula is C8H13ClN2O. The van der Waals surface area contributed by atoms with E-state index in [1.165, 1.54) is 0 Å². The van der Waals surface area contributed by atoms with Gasteiger partial charge in [-0.05, 0) is 20.8 Å². The first-order valence-corrected chi connectivity index (χ1v) is 4.12. The van der Waals surface area contributed by atoms with Gasteiger partial charge in [0, 0.05) is 5.54 Å². The minimum atomic E-state index is -0.0547. The molecule has 0 bridgehead atoms. The van der Waals surface area contributed by atoms with Crippen LogP contribution in [-0.2, 0) is 5.54 Å². The number of halogens is 1. The van der Waals surface area contributed by atoms with Crippen LogP contribution in [0.4, 0.5) is 0 Å². The Hall–Kier alpha value is -0.700. The first-order chi connectivity index (χ1) is 5.46. The quantitative estimate of drug-likeness (QED) is 0.676. The lowest BCUT2D eigenvalue weighted by atomic mass is 10.1. The van der Waals surface area contributed by atoms with Gasteiger partial charge in [0.1, 0.15) is 6.33 Å². The second-order valence-electron chi connectivity index (χ2n) is 3.59. The molecule has 0 spiro atoms. The highest BCUT2D eigenvalue weighted by atomic mass is 35.5. The summed E-state index contributed by atoms with van der Waals surface area (Å²) in [5.74, 6) is 0.478. The zero-order chi connectivity index (χ0) is 9.35. The molecule has 4 heteroatoms. The number of rotatable bonds is 1. The van der Waals surface area contributed by atoms with Crippen LogP contribution >= 0.6 is 11.6 Å². The molecule has 0 unspecified atom stereocenters. The molecule has 1 heterocycles. The molecule has 3 nitrogen and oxygen atoms in total. The molecular weight excluding hydrogens is 176 g/mol. The molecule has 0 radical (unpaired) electrons. The van der Waals surface area contributed by atoms with E-state index >= 15 is 0 Å². The van der Waals surface area contributed by atoms with Crippen LogP contribution in [0.3, 0.4) is 0 Å². The Balaban J connectivity index is 3.11. The van der Waals surface area contributed by atoms with Crippen LogP contribution in [0.25, 0.3) is 0 Å². The summed E-state index contributed by atoms with van der Waals surface area (Å²) >= 11 is 5.98. The van der Waals surface area contributed by atoms with Crippen molar-refractivity contribution in [1.29, 1.82) is 0 Å². The molecule has 0 N–H and O–H groups in total. The van der Waals surface area contributed by atoms with Crippen molar-refractivity contribution < 1.29 is 4.74 Å². The summed E-state index contributed by atoms with van der Waals surface area (Å²) < 4.78 is 6.83. The van der Waals surface area contributed by atoms with Crippen LogP contribution in [0.1, 0.15) is 20.8 Å². The van der Waals surface area contributed by atoms with Crippen LogP contribution in [0.15, 0.2) is 6.33 Å². The molecule has 1 aromatic rings. The van der Waals surface area contributed by atoms with Crippen molar-refractivity contribution in [1.82, 2.24) is 9.55 Å². The van der Waals surface area contributed by atoms with Crippen molar-refractivity contribution in [3.63, 3.8) is 0 Å². The van der Waals surface area contributed by atoms with Crippen molar-refractivity contribution in [3.05, 3.63) is 11.5 Å². The van der Waals surface area contributed by atoms with Gasteiger partial charge in [-0.25, -0.2) is 4.98 Å². The van der Waals surface area contributed by atoms with Crippen molar-refractivity contribution in [2.75, 3.05) is 7.11 Å². The minimum absolute atomic E-state index is 0.0547. The first kappa shape index (κ1) is 9.39. The highest BCUT2D eigenvalue weighted by Gasteiger charge is 2.19. The van der Waals surface area contributed by atoms with E-state index in [1.807, 2.05) is 4.57 Å². The van der Waals surface area contributed by atoms with Gasteiger partial charge in [-0.15, -0.1) is 0 Å². The topological polar surface area (TPSA) is 27.1 Å². The largest absolute Gasteiger partial charge is 0.479 e. The van der Waals surface area contributed by atoms with Gasteiger partial charge in [-0.1, -0.05) is 11.6 Å². The number of aromatic nitrogens is 2. The summed E-state index contributed by atoms with van der Waals surface area (Å²) in [5.41, 5.74) is -0.0547. The Morgan fingerprint density at radius 3 is 2.33 bits per heavy atom. The first-order valence-electron chi connectivity index (χ1n) is 3.74. The Morgan fingerprint density at radius 2 is 2.08 bits per heavy atom. The van der Waals surface area contributed by atoms with Gasteiger partial charge in [-0.2, -0.15) is 0 Å². The second kappa shape index (κ2) is 2.98. The molecule has 0 saturated carbocycles. The lowest BCUT2D eigenvalue weighted by Crippen LogP contribution is -2.20. The summed E-state index contributed by atoms with van der Waals surface area (Å²) in [6.07, 6.45) is 1.68. The predicted octanol–water partition coefficient (Wildman–Crippen LogP) is 2.30. The third kappa shape index (κ3) is 1.55. The Bertz CT molecular complexity index is 275. The lowest BCUT2D eigenvalue weighted by Gasteiger charge is -2.21. The van der Waals surface area contributed by atoms with E-state index in [9.17, 15) is 0 Å². The molecule has 0 amide bonds. The number of imidazole rings is 1. The molecule has 1 aromatic heterocycles. The fourth-order valence-corrected chi connectivity index (χ4v) is 1.34. The van der Waals surface area contributed by atoms with E-state index in [-0.39, 0.29) is 5.54 Å². The van der Waals surface area contributed by atoms with Crippen LogP contribution in [0, 0.1) is 0 Å². The molecule has 68 valence electrons. The Morgan fingerprint density at radius 1 is 1.50 bits per heavy atom. The van der Waals surface area contributed by atoms with E-state index in [1.54, 1.807) is 13.4 Å². The maximum atomic E-state index is 5.98. The van der Waals surface area contributed by atoms with Gasteiger partial charge in [0.05, 0.1) is 7.11 Å². The van der Waals surface area contributed by atoms with E-state index in [0.29, 0.717) is 11.0 Å². The van der Waals surface area contributed by atoms with E-state index in [0.717, 1.165) is 0 Å². The summed E-state index contributed by atoms with van der Waals surface area (Å²) in [6, 6.07) is 0. The number of methoxy groups -OCH3 is 1. The molecule has 0 aliphatic carbocycles. The summed E-state index contributed by atoms with van der Waals surface area (Å²) in [4.78, 5) is 4.01. The highest BCUT2D eigenvalue weighted by molar-refractivity contribution is 6.30. The summed E-state index contributed by atoms with van der Waals surface area (Å²) in [7, 11) is 1.56. The van der Waals surface area contributed by atoms with Crippen LogP contribution in [-0.4, -0.2) is 16.7 Å². The zero-order valence-electron chi connectivity index (χ0n) is 7.76. The lowest BCUT2D eigenvalue weighted by molar-refractivity contribution is 0.382. The predicted molar refractivity (Wildman–Crippen MR) is 48.8 cm³/mol. The Labute approximate surface area is 77.3 Å². The molecule has 0 aromatic carbocycles. The van der Waals surface area contributed by atoms with E-state index in [4.69, 9.17) is 16.3 Å². The van der Waals surface area contributed by atoms with Crippen molar-refractivity contribution in [2.24, 2.45) is 0 Å². The fraction of sp³-hybridized carbons (Fsp3) is 0.625. The van der Waals surface area contributed by atoms with Gasteiger partial charge >= 0.3 is 0 Å². The van der Waals surface area contributed by atoms with Gasteiger partial charge in [0.15, 0.2) is 5.15 Å². The molecule has 0 fully saturated rings. The van der Waals surface area contributed by atoms with Gasteiger partial charge in [0.25, 0.3) is 5.88 Å². The maximum Gasteiger partial charge on any atom is 0.251 e. The van der Waals surface area contributed by atoms with E-state index < -0.39 is 0 Å². The maximum absolute atomic E-state index is 5.98. The van der Waals surface area contributed by atoms with Crippen molar-refractivity contribution in [3.8, 4) is 5.88 Å². The normalized spacial score (nSPS) is 11.8. The number of hydrogen-bond acceptors (Lipinski definition) is 2. The smallest absolute Gasteiger partial charge is 0.251 e. The molecule has 0 aliphatic rings. The monoisotopic (exact) mass is 188 g/mol. The SMILES string of the molecule is COc1ncn(C(C)(C)C)c1Cl. The average Bonchev–Trinajstić information content (AvgIpc) is 2.29. The fourth-order valence-electron chi connectivity index (χ4n) is 0.922. The third-order valence-electron chi connectivity index (χ3n) is 1.59. The van der Waals surface area contributed by atoms with E-state index in [2.05, 4.69) is 25.8 Å². The minimum Gasteiger partial charge on any atom is -0.479 e. The van der Waals surface area contributed by atoms with Crippen molar-refractivity contribution >= 4 is 11.6 Å². The second-order valence-corrected chi connectivity index (χ2v) is 3.94. The Kier molecular flexibility index (Phi) is 2.33. The van der Waals surface area contributed by atoms with Crippen LogP contribution in [0.5, 0.6) is 5.88 Å². The average molecular weight is 189 g/mol. The molecule has 0 saturated heterocycles. The summed E-state index contributed by atoms with van der Waals surface area (Å²) in [6.45, 7) is 6.17. The molecule has 1 rings (SSSR count). The van der Waals surface area contributed by atoms with Gasteiger partial charge in [0.2, 0.25) is 0 Å². The zero-order valence-corrected chi connectivity index (χ0v) is 8.51. The molecule has 0 aliphatic heterocycles. The van der Waals surface area contributed by atoms with Gasteiger partial charge in [-0.3, -0.25) is 0 Å². The molecule has 12 heavy (non-hydrogen) atoms. The third-order valence-corrected chi connectivity index (χ3v) is 1.94. The highest BCUT2D eigenvalue weighted by Crippen LogP contribution is 2.27. The number of ether oxygens (including phenoxy) is 1.